The maximum Gasteiger partial charge on any atom is 0.416 e. The van der Waals surface area contributed by atoms with Crippen molar-refractivity contribution in [2.45, 2.75) is 19.3 Å². The Balaban J connectivity index is 2.25. The SMILES string of the molecule is CC1=Cc2c(cccc2-c2cc(C(F)(F)F)cc(C(F)(F)F)c2)[CH]1. The fourth-order valence-corrected chi connectivity index (χ4v) is 2.75. The average molecular weight is 341 g/mol. The number of alkyl halides is 6. The van der Waals surface area contributed by atoms with Crippen LogP contribution < -0.4 is 0 Å². The predicted octanol–water partition coefficient (Wildman–Crippen LogP) is 6.36. The average Bonchev–Trinajstić information content (AvgIpc) is 2.84. The normalized spacial score (nSPS) is 14.5. The van der Waals surface area contributed by atoms with Crippen molar-refractivity contribution in [3.8, 4) is 11.1 Å². The third kappa shape index (κ3) is 3.05. The van der Waals surface area contributed by atoms with Gasteiger partial charge < -0.3 is 0 Å². The molecule has 24 heavy (non-hydrogen) atoms. The van der Waals surface area contributed by atoms with E-state index in [0.29, 0.717) is 11.1 Å². The molecule has 0 aromatic heterocycles. The Bertz CT molecular complexity index is 792. The van der Waals surface area contributed by atoms with E-state index in [1.54, 1.807) is 18.2 Å². The highest BCUT2D eigenvalue weighted by atomic mass is 19.4. The van der Waals surface area contributed by atoms with E-state index in [4.69, 9.17) is 0 Å². The van der Waals surface area contributed by atoms with Gasteiger partial charge in [-0.1, -0.05) is 29.8 Å². The zero-order chi connectivity index (χ0) is 17.7. The standard InChI is InChI=1S/C18H11F6/c1-10-5-11-3-2-4-15(16(11)6-10)12-7-13(17(19,20)21)9-14(8-12)18(22,23)24/h2-9H,1H3. The highest BCUT2D eigenvalue weighted by Crippen LogP contribution is 2.41. The summed E-state index contributed by atoms with van der Waals surface area (Å²) in [5.74, 6) is 0. The number of allylic oxidation sites excluding steroid dienone is 1. The van der Waals surface area contributed by atoms with Crippen molar-refractivity contribution in [2.75, 3.05) is 0 Å². The fraction of sp³-hybridized carbons (Fsp3) is 0.167. The van der Waals surface area contributed by atoms with E-state index in [9.17, 15) is 26.3 Å². The number of benzene rings is 2. The molecule has 0 spiro atoms. The Morgan fingerprint density at radius 1 is 0.792 bits per heavy atom. The summed E-state index contributed by atoms with van der Waals surface area (Å²) in [5, 5.41) is 0. The van der Waals surface area contributed by atoms with Crippen LogP contribution in [0.5, 0.6) is 0 Å². The van der Waals surface area contributed by atoms with Crippen molar-refractivity contribution in [3.63, 3.8) is 0 Å². The zero-order valence-corrected chi connectivity index (χ0v) is 12.4. The van der Waals surface area contributed by atoms with E-state index in [-0.39, 0.29) is 11.6 Å². The lowest BCUT2D eigenvalue weighted by Crippen LogP contribution is -2.11. The number of halogens is 6. The topological polar surface area (TPSA) is 0 Å². The summed E-state index contributed by atoms with van der Waals surface area (Å²) in [6, 6.07) is 6.56. The van der Waals surface area contributed by atoms with Crippen LogP contribution >= 0.6 is 0 Å². The van der Waals surface area contributed by atoms with Crippen LogP contribution in [0.15, 0.2) is 42.0 Å². The largest absolute Gasteiger partial charge is 0.416 e. The van der Waals surface area contributed by atoms with Crippen LogP contribution in [0.4, 0.5) is 26.3 Å². The van der Waals surface area contributed by atoms with Gasteiger partial charge in [0, 0.05) is 6.42 Å². The molecule has 0 nitrogen and oxygen atoms in total. The van der Waals surface area contributed by atoms with Crippen molar-refractivity contribution >= 4 is 6.08 Å². The Labute approximate surface area is 134 Å². The van der Waals surface area contributed by atoms with Gasteiger partial charge in [0.2, 0.25) is 0 Å². The van der Waals surface area contributed by atoms with Gasteiger partial charge in [-0.05, 0) is 47.4 Å². The molecule has 0 atom stereocenters. The van der Waals surface area contributed by atoms with Crippen LogP contribution in [0.1, 0.15) is 29.2 Å². The molecule has 0 saturated carbocycles. The number of fused-ring (bicyclic) bond motifs is 1. The van der Waals surface area contributed by atoms with E-state index in [2.05, 4.69) is 0 Å². The molecule has 0 aliphatic heterocycles. The van der Waals surface area contributed by atoms with E-state index in [0.717, 1.165) is 23.3 Å². The van der Waals surface area contributed by atoms with E-state index in [1.165, 1.54) is 6.07 Å². The highest BCUT2D eigenvalue weighted by Gasteiger charge is 2.37. The minimum absolute atomic E-state index is 0.103. The number of hydrogen-bond acceptors (Lipinski definition) is 0. The molecular formula is C18H11F6. The lowest BCUT2D eigenvalue weighted by molar-refractivity contribution is -0.143. The van der Waals surface area contributed by atoms with Crippen molar-refractivity contribution in [2.24, 2.45) is 0 Å². The Morgan fingerprint density at radius 2 is 1.38 bits per heavy atom. The second-order valence-electron chi connectivity index (χ2n) is 5.64. The van der Waals surface area contributed by atoms with E-state index in [1.807, 2.05) is 13.3 Å². The maximum atomic E-state index is 13.0. The minimum atomic E-state index is -4.86. The first-order valence-corrected chi connectivity index (χ1v) is 7.01. The van der Waals surface area contributed by atoms with Gasteiger partial charge in [-0.2, -0.15) is 26.3 Å². The smallest absolute Gasteiger partial charge is 0.166 e. The molecule has 6 heteroatoms. The Kier molecular flexibility index (Phi) is 3.73. The number of rotatable bonds is 1. The second kappa shape index (κ2) is 5.40. The van der Waals surface area contributed by atoms with Crippen LogP contribution in [-0.4, -0.2) is 0 Å². The first-order chi connectivity index (χ1) is 11.1. The van der Waals surface area contributed by atoms with Gasteiger partial charge in [-0.15, -0.1) is 0 Å². The van der Waals surface area contributed by atoms with Crippen molar-refractivity contribution in [3.05, 3.63) is 70.6 Å². The van der Waals surface area contributed by atoms with Gasteiger partial charge in [0.05, 0.1) is 11.1 Å². The molecule has 2 aromatic rings. The molecule has 1 radical (unpaired) electrons. The molecule has 1 aliphatic carbocycles. The summed E-state index contributed by atoms with van der Waals surface area (Å²) in [6.07, 6.45) is -6.13. The second-order valence-corrected chi connectivity index (χ2v) is 5.64. The third-order valence-corrected chi connectivity index (χ3v) is 3.79. The number of hydrogen-bond donors (Lipinski definition) is 0. The summed E-state index contributed by atoms with van der Waals surface area (Å²) in [5.41, 5.74) is -0.0929. The zero-order valence-electron chi connectivity index (χ0n) is 12.4. The Hall–Kier alpha value is -2.24. The molecule has 0 saturated heterocycles. The molecule has 0 heterocycles. The summed E-state index contributed by atoms with van der Waals surface area (Å²) < 4.78 is 78.0. The van der Waals surface area contributed by atoms with Gasteiger partial charge in [-0.25, -0.2) is 0 Å². The van der Waals surface area contributed by atoms with Crippen molar-refractivity contribution in [1.29, 1.82) is 0 Å². The molecule has 2 aromatic carbocycles. The van der Waals surface area contributed by atoms with Gasteiger partial charge in [0.1, 0.15) is 0 Å². The Morgan fingerprint density at radius 3 is 1.92 bits per heavy atom. The first-order valence-electron chi connectivity index (χ1n) is 7.01. The van der Waals surface area contributed by atoms with Gasteiger partial charge in [0.15, 0.2) is 0 Å². The lowest BCUT2D eigenvalue weighted by atomic mass is 9.94. The predicted molar refractivity (Wildman–Crippen MR) is 78.9 cm³/mol. The van der Waals surface area contributed by atoms with E-state index < -0.39 is 23.5 Å². The molecule has 0 fully saturated rings. The van der Waals surface area contributed by atoms with Crippen LogP contribution in [0.25, 0.3) is 17.2 Å². The van der Waals surface area contributed by atoms with Gasteiger partial charge >= 0.3 is 12.4 Å². The molecule has 0 unspecified atom stereocenters. The van der Waals surface area contributed by atoms with Crippen molar-refractivity contribution < 1.29 is 26.3 Å². The molecule has 0 amide bonds. The monoisotopic (exact) mass is 341 g/mol. The van der Waals surface area contributed by atoms with Gasteiger partial charge in [-0.3, -0.25) is 0 Å². The summed E-state index contributed by atoms with van der Waals surface area (Å²) in [6.45, 7) is 1.82. The molecule has 0 bridgehead atoms. The van der Waals surface area contributed by atoms with Crippen LogP contribution in [-0.2, 0) is 12.4 Å². The highest BCUT2D eigenvalue weighted by molar-refractivity contribution is 5.83. The quantitative estimate of drug-likeness (QED) is 0.529. The molecule has 125 valence electrons. The minimum Gasteiger partial charge on any atom is -0.166 e. The summed E-state index contributed by atoms with van der Waals surface area (Å²) >= 11 is 0. The molecule has 0 N–H and O–H groups in total. The lowest BCUT2D eigenvalue weighted by Gasteiger charge is -2.15. The summed E-state index contributed by atoms with van der Waals surface area (Å²) in [4.78, 5) is 0. The van der Waals surface area contributed by atoms with Crippen molar-refractivity contribution in [1.82, 2.24) is 0 Å². The molecule has 3 rings (SSSR count). The van der Waals surface area contributed by atoms with Gasteiger partial charge in [0.25, 0.3) is 0 Å². The molecular weight excluding hydrogens is 330 g/mol. The van der Waals surface area contributed by atoms with Crippen LogP contribution in [0.3, 0.4) is 0 Å². The third-order valence-electron chi connectivity index (χ3n) is 3.79. The molecule has 1 aliphatic rings. The van der Waals surface area contributed by atoms with E-state index >= 15 is 0 Å². The van der Waals surface area contributed by atoms with Crippen LogP contribution in [0.2, 0.25) is 0 Å². The fourth-order valence-electron chi connectivity index (χ4n) is 2.75. The van der Waals surface area contributed by atoms with Crippen LogP contribution in [0, 0.1) is 6.42 Å². The maximum absolute atomic E-state index is 13.0. The first kappa shape index (κ1) is 16.6. The summed E-state index contributed by atoms with van der Waals surface area (Å²) in [7, 11) is 0.